The molecule has 88 valence electrons. The van der Waals surface area contributed by atoms with E-state index in [1.165, 1.54) is 6.26 Å². The van der Waals surface area contributed by atoms with Gasteiger partial charge in [-0.2, -0.15) is 0 Å². The molecule has 2 rings (SSSR count). The summed E-state index contributed by atoms with van der Waals surface area (Å²) in [4.78, 5) is 0.295. The lowest BCUT2D eigenvalue weighted by Crippen LogP contribution is -1.96. The lowest BCUT2D eigenvalue weighted by molar-refractivity contribution is 0.475. The Labute approximate surface area is 100 Å². The monoisotopic (exact) mass is 248 g/mol. The lowest BCUT2D eigenvalue weighted by atomic mass is 10.1. The molecular weight excluding hydrogens is 236 g/mol. The summed E-state index contributed by atoms with van der Waals surface area (Å²) in [5.41, 5.74) is 1.68. The molecule has 0 bridgehead atoms. The molecule has 0 heterocycles. The minimum Gasteiger partial charge on any atom is -0.508 e. The number of hydrogen-bond acceptors (Lipinski definition) is 3. The highest BCUT2D eigenvalue weighted by molar-refractivity contribution is 7.90. The third-order valence-electron chi connectivity index (χ3n) is 2.46. The van der Waals surface area contributed by atoms with Gasteiger partial charge in [0.2, 0.25) is 0 Å². The molecule has 0 saturated heterocycles. The Balaban J connectivity index is 2.50. The largest absolute Gasteiger partial charge is 0.508 e. The van der Waals surface area contributed by atoms with Crippen LogP contribution in [-0.2, 0) is 9.84 Å². The molecule has 0 unspecified atom stereocenters. The standard InChI is InChI=1S/C13H12O3S/c1-17(15,16)13-4-2-3-11(9-13)10-5-7-12(14)8-6-10/h2-9,14H,1H3. The maximum Gasteiger partial charge on any atom is 0.175 e. The predicted octanol–water partition coefficient (Wildman–Crippen LogP) is 2.46. The first-order valence-corrected chi connectivity index (χ1v) is 6.95. The van der Waals surface area contributed by atoms with Gasteiger partial charge in [-0.15, -0.1) is 0 Å². The van der Waals surface area contributed by atoms with E-state index in [2.05, 4.69) is 0 Å². The van der Waals surface area contributed by atoms with Crippen LogP contribution in [0.25, 0.3) is 11.1 Å². The fourth-order valence-electron chi connectivity index (χ4n) is 1.56. The predicted molar refractivity (Wildman–Crippen MR) is 66.7 cm³/mol. The number of aromatic hydroxyl groups is 1. The Bertz CT molecular complexity index is 628. The highest BCUT2D eigenvalue weighted by Crippen LogP contribution is 2.24. The van der Waals surface area contributed by atoms with Crippen LogP contribution in [-0.4, -0.2) is 19.8 Å². The molecule has 0 fully saturated rings. The number of phenolic OH excluding ortho intramolecular Hbond substituents is 1. The van der Waals surface area contributed by atoms with Crippen LogP contribution in [0.2, 0.25) is 0 Å². The maximum absolute atomic E-state index is 11.4. The van der Waals surface area contributed by atoms with E-state index in [0.29, 0.717) is 4.90 Å². The van der Waals surface area contributed by atoms with Crippen molar-refractivity contribution in [1.29, 1.82) is 0 Å². The molecule has 2 aromatic rings. The van der Waals surface area contributed by atoms with E-state index in [4.69, 9.17) is 0 Å². The number of rotatable bonds is 2. The molecule has 0 saturated carbocycles. The van der Waals surface area contributed by atoms with E-state index in [1.807, 2.05) is 6.07 Å². The third-order valence-corrected chi connectivity index (χ3v) is 3.57. The van der Waals surface area contributed by atoms with Crippen molar-refractivity contribution in [2.24, 2.45) is 0 Å². The van der Waals surface area contributed by atoms with Gasteiger partial charge in [-0.25, -0.2) is 8.42 Å². The van der Waals surface area contributed by atoms with E-state index in [-0.39, 0.29) is 5.75 Å². The number of phenols is 1. The highest BCUT2D eigenvalue weighted by Gasteiger charge is 2.07. The normalized spacial score (nSPS) is 11.4. The summed E-state index contributed by atoms with van der Waals surface area (Å²) < 4.78 is 22.9. The maximum atomic E-state index is 11.4. The molecule has 0 amide bonds. The van der Waals surface area contributed by atoms with Gasteiger partial charge >= 0.3 is 0 Å². The quantitative estimate of drug-likeness (QED) is 0.888. The van der Waals surface area contributed by atoms with E-state index < -0.39 is 9.84 Å². The van der Waals surface area contributed by atoms with Crippen LogP contribution < -0.4 is 0 Å². The fourth-order valence-corrected chi connectivity index (χ4v) is 2.23. The van der Waals surface area contributed by atoms with Gasteiger partial charge in [0.05, 0.1) is 4.90 Å². The van der Waals surface area contributed by atoms with E-state index in [1.54, 1.807) is 42.5 Å². The first-order valence-electron chi connectivity index (χ1n) is 5.06. The topological polar surface area (TPSA) is 54.4 Å². The van der Waals surface area contributed by atoms with Crippen molar-refractivity contribution in [2.45, 2.75) is 4.90 Å². The molecule has 3 nitrogen and oxygen atoms in total. The second-order valence-electron chi connectivity index (χ2n) is 3.85. The highest BCUT2D eigenvalue weighted by atomic mass is 32.2. The Morgan fingerprint density at radius 2 is 1.59 bits per heavy atom. The van der Waals surface area contributed by atoms with Gasteiger partial charge in [0.1, 0.15) is 5.75 Å². The molecule has 4 heteroatoms. The van der Waals surface area contributed by atoms with Gasteiger partial charge in [-0.3, -0.25) is 0 Å². The van der Waals surface area contributed by atoms with Crippen molar-refractivity contribution in [3.05, 3.63) is 48.5 Å². The molecule has 0 aliphatic carbocycles. The average molecular weight is 248 g/mol. The van der Waals surface area contributed by atoms with Crippen molar-refractivity contribution in [2.75, 3.05) is 6.26 Å². The van der Waals surface area contributed by atoms with Gasteiger partial charge in [0.15, 0.2) is 9.84 Å². The van der Waals surface area contributed by atoms with Crippen LogP contribution >= 0.6 is 0 Å². The van der Waals surface area contributed by atoms with Crippen molar-refractivity contribution >= 4 is 9.84 Å². The van der Waals surface area contributed by atoms with E-state index in [0.717, 1.165) is 11.1 Å². The van der Waals surface area contributed by atoms with E-state index >= 15 is 0 Å². The SMILES string of the molecule is CS(=O)(=O)c1cccc(-c2ccc(O)cc2)c1. The third kappa shape index (κ3) is 2.65. The van der Waals surface area contributed by atoms with Gasteiger partial charge in [0, 0.05) is 6.26 Å². The Hall–Kier alpha value is -1.81. The Morgan fingerprint density at radius 3 is 2.18 bits per heavy atom. The Kier molecular flexibility index (Phi) is 2.90. The van der Waals surface area contributed by atoms with Crippen LogP contribution in [0, 0.1) is 0 Å². The molecule has 2 aromatic carbocycles. The minimum atomic E-state index is -3.19. The smallest absolute Gasteiger partial charge is 0.175 e. The van der Waals surface area contributed by atoms with Crippen molar-refractivity contribution in [1.82, 2.24) is 0 Å². The number of sulfone groups is 1. The van der Waals surface area contributed by atoms with Gasteiger partial charge in [-0.1, -0.05) is 24.3 Å². The fraction of sp³-hybridized carbons (Fsp3) is 0.0769. The van der Waals surface area contributed by atoms with Gasteiger partial charge in [0.25, 0.3) is 0 Å². The Morgan fingerprint density at radius 1 is 0.941 bits per heavy atom. The summed E-state index contributed by atoms with van der Waals surface area (Å²) in [5, 5.41) is 9.19. The van der Waals surface area contributed by atoms with Crippen LogP contribution in [0.15, 0.2) is 53.4 Å². The summed E-state index contributed by atoms with van der Waals surface area (Å²) in [6.07, 6.45) is 1.18. The summed E-state index contributed by atoms with van der Waals surface area (Å²) in [6.45, 7) is 0. The number of hydrogen-bond donors (Lipinski definition) is 1. The molecule has 1 N–H and O–H groups in total. The summed E-state index contributed by atoms with van der Waals surface area (Å²) >= 11 is 0. The second-order valence-corrected chi connectivity index (χ2v) is 5.86. The second kappa shape index (κ2) is 4.22. The molecule has 0 aromatic heterocycles. The molecule has 17 heavy (non-hydrogen) atoms. The summed E-state index contributed by atoms with van der Waals surface area (Å²) in [6, 6.07) is 13.4. The molecule has 0 aliphatic rings. The lowest BCUT2D eigenvalue weighted by Gasteiger charge is -2.04. The molecular formula is C13H12O3S. The zero-order valence-corrected chi connectivity index (χ0v) is 10.1. The molecule has 0 spiro atoms. The van der Waals surface area contributed by atoms with Crippen LogP contribution in [0.4, 0.5) is 0 Å². The molecule has 0 atom stereocenters. The zero-order chi connectivity index (χ0) is 12.5. The molecule has 0 radical (unpaired) electrons. The van der Waals surface area contributed by atoms with Gasteiger partial charge in [-0.05, 0) is 35.4 Å². The summed E-state index contributed by atoms with van der Waals surface area (Å²) in [7, 11) is -3.19. The first kappa shape index (κ1) is 11.7. The summed E-state index contributed by atoms with van der Waals surface area (Å²) in [5.74, 6) is 0.188. The minimum absolute atomic E-state index is 0.188. The number of benzene rings is 2. The van der Waals surface area contributed by atoms with Crippen molar-refractivity contribution in [3.63, 3.8) is 0 Å². The van der Waals surface area contributed by atoms with Crippen LogP contribution in [0.5, 0.6) is 5.75 Å². The van der Waals surface area contributed by atoms with Crippen LogP contribution in [0.3, 0.4) is 0 Å². The van der Waals surface area contributed by atoms with Crippen molar-refractivity contribution in [3.8, 4) is 16.9 Å². The zero-order valence-electron chi connectivity index (χ0n) is 9.29. The molecule has 0 aliphatic heterocycles. The van der Waals surface area contributed by atoms with Gasteiger partial charge < -0.3 is 5.11 Å². The van der Waals surface area contributed by atoms with Crippen LogP contribution in [0.1, 0.15) is 0 Å². The van der Waals surface area contributed by atoms with E-state index in [9.17, 15) is 13.5 Å². The van der Waals surface area contributed by atoms with Crippen molar-refractivity contribution < 1.29 is 13.5 Å². The first-order chi connectivity index (χ1) is 7.97. The average Bonchev–Trinajstić information content (AvgIpc) is 2.29.